The lowest BCUT2D eigenvalue weighted by atomic mass is 10.0. The van der Waals surface area contributed by atoms with Crippen LogP contribution < -0.4 is 5.32 Å². The molecule has 0 bridgehead atoms. The molecule has 5 nitrogen and oxygen atoms in total. The summed E-state index contributed by atoms with van der Waals surface area (Å²) in [6.07, 6.45) is 3.08. The molecule has 1 N–H and O–H groups in total. The fourth-order valence-corrected chi connectivity index (χ4v) is 1.58. The van der Waals surface area contributed by atoms with Gasteiger partial charge in [-0.3, -0.25) is 5.32 Å². The standard InChI is InChI=1S/C13H24N2O3/c1-13(11-14,15-12-3-4-12)5-6-17-9-10-18-8-7-16-2/h12,15H,3-10H2,1-2H3. The van der Waals surface area contributed by atoms with Crippen molar-refractivity contribution in [3.63, 3.8) is 0 Å². The van der Waals surface area contributed by atoms with E-state index < -0.39 is 5.54 Å². The van der Waals surface area contributed by atoms with E-state index in [1.165, 1.54) is 12.8 Å². The molecule has 0 aromatic rings. The highest BCUT2D eigenvalue weighted by Crippen LogP contribution is 2.23. The first kappa shape index (κ1) is 15.4. The number of nitrogens with zero attached hydrogens (tertiary/aromatic N) is 1. The van der Waals surface area contributed by atoms with Crippen LogP contribution in [-0.4, -0.2) is 51.7 Å². The third kappa shape index (κ3) is 6.92. The Balaban J connectivity index is 1.96. The van der Waals surface area contributed by atoms with Crippen LogP contribution in [0.25, 0.3) is 0 Å². The van der Waals surface area contributed by atoms with Crippen molar-refractivity contribution in [2.24, 2.45) is 0 Å². The van der Waals surface area contributed by atoms with Crippen molar-refractivity contribution in [1.29, 1.82) is 5.26 Å². The lowest BCUT2D eigenvalue weighted by Crippen LogP contribution is -2.43. The fourth-order valence-electron chi connectivity index (χ4n) is 1.58. The van der Waals surface area contributed by atoms with E-state index in [9.17, 15) is 0 Å². The maximum atomic E-state index is 9.16. The molecule has 1 aliphatic carbocycles. The van der Waals surface area contributed by atoms with Crippen LogP contribution in [0, 0.1) is 11.3 Å². The molecule has 0 radical (unpaired) electrons. The van der Waals surface area contributed by atoms with E-state index in [0.29, 0.717) is 45.5 Å². The summed E-state index contributed by atoms with van der Waals surface area (Å²) < 4.78 is 15.6. The molecule has 1 saturated carbocycles. The zero-order valence-electron chi connectivity index (χ0n) is 11.4. The number of hydrogen-bond acceptors (Lipinski definition) is 5. The zero-order chi connectivity index (χ0) is 13.3. The molecule has 0 aromatic carbocycles. The van der Waals surface area contributed by atoms with Crippen LogP contribution >= 0.6 is 0 Å². The molecular formula is C13H24N2O3. The second-order valence-electron chi connectivity index (χ2n) is 4.83. The van der Waals surface area contributed by atoms with Gasteiger partial charge in [0.2, 0.25) is 0 Å². The van der Waals surface area contributed by atoms with Gasteiger partial charge in [0.1, 0.15) is 5.54 Å². The topological polar surface area (TPSA) is 63.5 Å². The minimum Gasteiger partial charge on any atom is -0.382 e. The molecule has 0 heterocycles. The Morgan fingerprint density at radius 3 is 2.33 bits per heavy atom. The van der Waals surface area contributed by atoms with Gasteiger partial charge < -0.3 is 14.2 Å². The summed E-state index contributed by atoms with van der Waals surface area (Å²) in [5, 5.41) is 12.5. The normalized spacial score (nSPS) is 18.3. The van der Waals surface area contributed by atoms with Crippen LogP contribution in [0.3, 0.4) is 0 Å². The molecule has 104 valence electrons. The largest absolute Gasteiger partial charge is 0.382 e. The van der Waals surface area contributed by atoms with Crippen molar-refractivity contribution >= 4 is 0 Å². The van der Waals surface area contributed by atoms with Gasteiger partial charge in [0.25, 0.3) is 0 Å². The van der Waals surface area contributed by atoms with Gasteiger partial charge in [-0.1, -0.05) is 0 Å². The van der Waals surface area contributed by atoms with Crippen molar-refractivity contribution in [2.45, 2.75) is 37.8 Å². The van der Waals surface area contributed by atoms with Crippen LogP contribution in [0.5, 0.6) is 0 Å². The molecule has 0 aliphatic heterocycles. The maximum absolute atomic E-state index is 9.16. The Labute approximate surface area is 109 Å². The SMILES string of the molecule is COCCOCCOCCC(C)(C#N)NC1CC1. The van der Waals surface area contributed by atoms with Gasteiger partial charge in [-0.25, -0.2) is 0 Å². The first-order chi connectivity index (χ1) is 8.70. The van der Waals surface area contributed by atoms with E-state index in [-0.39, 0.29) is 0 Å². The molecule has 5 heteroatoms. The number of ether oxygens (including phenoxy) is 3. The van der Waals surface area contributed by atoms with Crippen molar-refractivity contribution in [3.8, 4) is 6.07 Å². The molecule has 1 rings (SSSR count). The molecule has 1 atom stereocenters. The van der Waals surface area contributed by atoms with Crippen LogP contribution in [0.2, 0.25) is 0 Å². The van der Waals surface area contributed by atoms with Crippen LogP contribution in [0.1, 0.15) is 26.2 Å². The van der Waals surface area contributed by atoms with E-state index in [1.54, 1.807) is 7.11 Å². The first-order valence-electron chi connectivity index (χ1n) is 6.53. The molecule has 0 spiro atoms. The molecule has 1 unspecified atom stereocenters. The second kappa shape index (κ2) is 8.44. The van der Waals surface area contributed by atoms with E-state index in [2.05, 4.69) is 11.4 Å². The van der Waals surface area contributed by atoms with E-state index >= 15 is 0 Å². The van der Waals surface area contributed by atoms with E-state index in [4.69, 9.17) is 19.5 Å². The van der Waals surface area contributed by atoms with Gasteiger partial charge in [-0.05, 0) is 19.8 Å². The Bertz CT molecular complexity index is 263. The molecule has 0 aromatic heterocycles. The van der Waals surface area contributed by atoms with Gasteiger partial charge in [0.15, 0.2) is 0 Å². The molecular weight excluding hydrogens is 232 g/mol. The highest BCUT2D eigenvalue weighted by Gasteiger charge is 2.32. The molecule has 1 fully saturated rings. The lowest BCUT2D eigenvalue weighted by Gasteiger charge is -2.23. The van der Waals surface area contributed by atoms with Crippen molar-refractivity contribution in [3.05, 3.63) is 0 Å². The summed E-state index contributed by atoms with van der Waals surface area (Å²) in [5.41, 5.74) is -0.460. The van der Waals surface area contributed by atoms with Crippen molar-refractivity contribution < 1.29 is 14.2 Å². The minimum atomic E-state index is -0.460. The molecule has 18 heavy (non-hydrogen) atoms. The summed E-state index contributed by atoms with van der Waals surface area (Å²) in [6, 6.07) is 2.86. The van der Waals surface area contributed by atoms with Crippen molar-refractivity contribution in [2.75, 3.05) is 40.1 Å². The Morgan fingerprint density at radius 1 is 1.17 bits per heavy atom. The van der Waals surface area contributed by atoms with Crippen molar-refractivity contribution in [1.82, 2.24) is 5.32 Å². The summed E-state index contributed by atoms with van der Waals surface area (Å²) in [4.78, 5) is 0. The smallest absolute Gasteiger partial charge is 0.106 e. The number of hydrogen-bond donors (Lipinski definition) is 1. The number of methoxy groups -OCH3 is 1. The maximum Gasteiger partial charge on any atom is 0.106 e. The summed E-state index contributed by atoms with van der Waals surface area (Å²) in [6.45, 7) is 4.86. The number of nitrogens with one attached hydrogen (secondary N) is 1. The average Bonchev–Trinajstić information content (AvgIpc) is 3.16. The van der Waals surface area contributed by atoms with Crippen LogP contribution in [0.15, 0.2) is 0 Å². The predicted octanol–water partition coefficient (Wildman–Crippen LogP) is 1.09. The van der Waals surface area contributed by atoms with E-state index in [0.717, 1.165) is 0 Å². The quantitative estimate of drug-likeness (QED) is 0.561. The minimum absolute atomic E-state index is 0.460. The van der Waals surface area contributed by atoms with E-state index in [1.807, 2.05) is 6.92 Å². The average molecular weight is 256 g/mol. The monoisotopic (exact) mass is 256 g/mol. The Hall–Kier alpha value is -0.670. The fraction of sp³-hybridized carbons (Fsp3) is 0.923. The number of rotatable bonds is 11. The van der Waals surface area contributed by atoms with Gasteiger partial charge in [0.05, 0.1) is 32.5 Å². The van der Waals surface area contributed by atoms with Gasteiger partial charge in [0, 0.05) is 26.2 Å². The third-order valence-corrected chi connectivity index (χ3v) is 2.90. The van der Waals surface area contributed by atoms with Crippen LogP contribution in [-0.2, 0) is 14.2 Å². The highest BCUT2D eigenvalue weighted by molar-refractivity contribution is 5.06. The molecule has 1 aliphatic rings. The summed E-state index contributed by atoms with van der Waals surface area (Å²) in [5.74, 6) is 0. The summed E-state index contributed by atoms with van der Waals surface area (Å²) in [7, 11) is 1.65. The second-order valence-corrected chi connectivity index (χ2v) is 4.83. The Morgan fingerprint density at radius 2 is 1.78 bits per heavy atom. The predicted molar refractivity (Wildman–Crippen MR) is 68.3 cm³/mol. The van der Waals surface area contributed by atoms with Gasteiger partial charge in [-0.2, -0.15) is 5.26 Å². The van der Waals surface area contributed by atoms with Crippen LogP contribution in [0.4, 0.5) is 0 Å². The number of nitriles is 1. The first-order valence-corrected chi connectivity index (χ1v) is 6.53. The van der Waals surface area contributed by atoms with Gasteiger partial charge >= 0.3 is 0 Å². The molecule has 0 amide bonds. The molecule has 0 saturated heterocycles. The van der Waals surface area contributed by atoms with Gasteiger partial charge in [-0.15, -0.1) is 0 Å². The lowest BCUT2D eigenvalue weighted by molar-refractivity contribution is 0.0216. The third-order valence-electron chi connectivity index (χ3n) is 2.90. The summed E-state index contributed by atoms with van der Waals surface area (Å²) >= 11 is 0. The zero-order valence-corrected chi connectivity index (χ0v) is 11.4. The Kier molecular flexibility index (Phi) is 7.21. The highest BCUT2D eigenvalue weighted by atomic mass is 16.5.